The van der Waals surface area contributed by atoms with Gasteiger partial charge in [0, 0.05) is 16.4 Å². The zero-order valence-corrected chi connectivity index (χ0v) is 13.0. The first-order valence-corrected chi connectivity index (χ1v) is 8.35. The molecular formula is C14H11BrN2O2S. The van der Waals surface area contributed by atoms with E-state index in [0.717, 1.165) is 15.8 Å². The minimum atomic E-state index is -3.18. The summed E-state index contributed by atoms with van der Waals surface area (Å²) in [5.41, 5.74) is 2.13. The molecule has 0 saturated heterocycles. The number of hydrogen-bond acceptors (Lipinski definition) is 4. The monoisotopic (exact) mass is 350 g/mol. The minimum Gasteiger partial charge on any atom is -0.355 e. The van der Waals surface area contributed by atoms with Crippen molar-refractivity contribution >= 4 is 37.1 Å². The van der Waals surface area contributed by atoms with Crippen LogP contribution in [0.4, 0.5) is 11.4 Å². The molecule has 2 aromatic rings. The van der Waals surface area contributed by atoms with E-state index in [1.165, 1.54) is 6.26 Å². The first-order valence-electron chi connectivity index (χ1n) is 5.67. The number of benzene rings is 2. The van der Waals surface area contributed by atoms with Crippen molar-refractivity contribution in [1.82, 2.24) is 0 Å². The first kappa shape index (κ1) is 14.6. The average molecular weight is 351 g/mol. The number of halogens is 1. The molecule has 6 heteroatoms. The van der Waals surface area contributed by atoms with Gasteiger partial charge in [-0.25, -0.2) is 8.42 Å². The summed E-state index contributed by atoms with van der Waals surface area (Å²) in [7, 11) is -3.18. The van der Waals surface area contributed by atoms with E-state index < -0.39 is 9.84 Å². The summed E-state index contributed by atoms with van der Waals surface area (Å²) in [5, 5.41) is 12.0. The molecule has 0 heterocycles. The van der Waals surface area contributed by atoms with Crippen LogP contribution in [0.5, 0.6) is 0 Å². The van der Waals surface area contributed by atoms with Crippen LogP contribution in [0.3, 0.4) is 0 Å². The van der Waals surface area contributed by atoms with Crippen molar-refractivity contribution < 1.29 is 8.42 Å². The van der Waals surface area contributed by atoms with Gasteiger partial charge in [-0.2, -0.15) is 5.26 Å². The molecule has 0 aliphatic carbocycles. The van der Waals surface area contributed by atoms with E-state index in [0.29, 0.717) is 5.56 Å². The highest BCUT2D eigenvalue weighted by molar-refractivity contribution is 9.10. The average Bonchev–Trinajstić information content (AvgIpc) is 2.40. The van der Waals surface area contributed by atoms with Gasteiger partial charge in [-0.3, -0.25) is 0 Å². The summed E-state index contributed by atoms with van der Waals surface area (Å²) in [6.07, 6.45) is 1.17. The Labute approximate surface area is 126 Å². The van der Waals surface area contributed by atoms with Gasteiger partial charge in [-0.05, 0) is 58.4 Å². The number of nitrogens with one attached hydrogen (secondary N) is 1. The van der Waals surface area contributed by atoms with E-state index in [-0.39, 0.29) is 4.90 Å². The maximum Gasteiger partial charge on any atom is 0.175 e. The Hall–Kier alpha value is -1.84. The Bertz CT molecular complexity index is 778. The second-order valence-electron chi connectivity index (χ2n) is 4.23. The molecule has 2 aromatic carbocycles. The molecule has 0 atom stereocenters. The highest BCUT2D eigenvalue weighted by Crippen LogP contribution is 2.27. The van der Waals surface area contributed by atoms with E-state index in [9.17, 15) is 8.42 Å². The van der Waals surface area contributed by atoms with Crippen LogP contribution in [0.15, 0.2) is 51.8 Å². The summed E-state index contributed by atoms with van der Waals surface area (Å²) in [6.45, 7) is 0. The number of hydrogen-bond donors (Lipinski definition) is 1. The Morgan fingerprint density at radius 2 is 1.80 bits per heavy atom. The van der Waals surface area contributed by atoms with Crippen molar-refractivity contribution in [2.45, 2.75) is 4.90 Å². The van der Waals surface area contributed by atoms with E-state index in [4.69, 9.17) is 5.26 Å². The van der Waals surface area contributed by atoms with Gasteiger partial charge in [0.15, 0.2) is 9.84 Å². The topological polar surface area (TPSA) is 70.0 Å². The SMILES string of the molecule is CS(=O)(=O)c1ccc(Nc2ccc(C#N)cc2Br)cc1. The zero-order chi connectivity index (χ0) is 14.8. The molecule has 102 valence electrons. The molecule has 0 aliphatic rings. The lowest BCUT2D eigenvalue weighted by Crippen LogP contribution is -1.97. The molecule has 0 aromatic heterocycles. The van der Waals surface area contributed by atoms with Crippen LogP contribution in [0.25, 0.3) is 0 Å². The number of rotatable bonds is 3. The van der Waals surface area contributed by atoms with Crippen LogP contribution >= 0.6 is 15.9 Å². The number of nitriles is 1. The molecule has 2 rings (SSSR count). The van der Waals surface area contributed by atoms with E-state index in [1.54, 1.807) is 42.5 Å². The zero-order valence-electron chi connectivity index (χ0n) is 10.6. The predicted molar refractivity (Wildman–Crippen MR) is 81.7 cm³/mol. The molecule has 0 amide bonds. The molecule has 1 N–H and O–H groups in total. The summed E-state index contributed by atoms with van der Waals surface area (Å²) < 4.78 is 23.5. The third kappa shape index (κ3) is 3.38. The van der Waals surface area contributed by atoms with Crippen molar-refractivity contribution in [2.75, 3.05) is 11.6 Å². The Morgan fingerprint density at radius 1 is 1.15 bits per heavy atom. The molecule has 4 nitrogen and oxygen atoms in total. The highest BCUT2D eigenvalue weighted by atomic mass is 79.9. The second-order valence-corrected chi connectivity index (χ2v) is 7.10. The summed E-state index contributed by atoms with van der Waals surface area (Å²) >= 11 is 3.38. The van der Waals surface area contributed by atoms with Crippen molar-refractivity contribution in [3.05, 3.63) is 52.5 Å². The third-order valence-electron chi connectivity index (χ3n) is 2.66. The van der Waals surface area contributed by atoms with Crippen LogP contribution in [-0.2, 0) is 9.84 Å². The van der Waals surface area contributed by atoms with Crippen LogP contribution in [0.2, 0.25) is 0 Å². The molecule has 0 bridgehead atoms. The van der Waals surface area contributed by atoms with Gasteiger partial charge < -0.3 is 5.32 Å². The quantitative estimate of drug-likeness (QED) is 0.919. The largest absolute Gasteiger partial charge is 0.355 e. The van der Waals surface area contributed by atoms with Crippen molar-refractivity contribution in [3.8, 4) is 6.07 Å². The van der Waals surface area contributed by atoms with Gasteiger partial charge in [0.1, 0.15) is 0 Å². The maximum atomic E-state index is 11.4. The van der Waals surface area contributed by atoms with Gasteiger partial charge in [0.05, 0.1) is 22.2 Å². The third-order valence-corrected chi connectivity index (χ3v) is 4.44. The van der Waals surface area contributed by atoms with Crippen LogP contribution in [0.1, 0.15) is 5.56 Å². The van der Waals surface area contributed by atoms with Gasteiger partial charge in [-0.15, -0.1) is 0 Å². The minimum absolute atomic E-state index is 0.280. The number of anilines is 2. The molecule has 0 fully saturated rings. The molecule has 0 saturated carbocycles. The number of sulfone groups is 1. The normalized spacial score (nSPS) is 10.8. The maximum absolute atomic E-state index is 11.4. The van der Waals surface area contributed by atoms with Crippen LogP contribution in [0, 0.1) is 11.3 Å². The van der Waals surface area contributed by atoms with Gasteiger partial charge in [-0.1, -0.05) is 0 Å². The summed E-state index contributed by atoms with van der Waals surface area (Å²) in [4.78, 5) is 0.280. The molecule has 0 aliphatic heterocycles. The Morgan fingerprint density at radius 3 is 2.30 bits per heavy atom. The highest BCUT2D eigenvalue weighted by Gasteiger charge is 2.07. The van der Waals surface area contributed by atoms with E-state index in [2.05, 4.69) is 27.3 Å². The Balaban J connectivity index is 2.25. The van der Waals surface area contributed by atoms with Crippen molar-refractivity contribution in [2.24, 2.45) is 0 Å². The molecule has 0 spiro atoms. The lowest BCUT2D eigenvalue weighted by atomic mass is 10.2. The van der Waals surface area contributed by atoms with Crippen molar-refractivity contribution in [1.29, 1.82) is 5.26 Å². The van der Waals surface area contributed by atoms with Crippen LogP contribution < -0.4 is 5.32 Å². The van der Waals surface area contributed by atoms with Crippen molar-refractivity contribution in [3.63, 3.8) is 0 Å². The lowest BCUT2D eigenvalue weighted by Gasteiger charge is -2.09. The second kappa shape index (κ2) is 5.65. The lowest BCUT2D eigenvalue weighted by molar-refractivity contribution is 0.602. The summed E-state index contributed by atoms with van der Waals surface area (Å²) in [5.74, 6) is 0. The fourth-order valence-corrected chi connectivity index (χ4v) is 2.74. The standard InChI is InChI=1S/C14H11BrN2O2S/c1-20(18,19)12-5-3-11(4-6-12)17-14-7-2-10(9-16)8-13(14)15/h2-8,17H,1H3. The predicted octanol–water partition coefficient (Wildman–Crippen LogP) is 3.47. The first-order chi connectivity index (χ1) is 9.40. The van der Waals surface area contributed by atoms with E-state index in [1.807, 2.05) is 0 Å². The fraction of sp³-hybridized carbons (Fsp3) is 0.0714. The number of nitrogens with zero attached hydrogens (tertiary/aromatic N) is 1. The van der Waals surface area contributed by atoms with E-state index >= 15 is 0 Å². The summed E-state index contributed by atoms with van der Waals surface area (Å²) in [6, 6.07) is 13.8. The molecule has 0 radical (unpaired) electrons. The van der Waals surface area contributed by atoms with Gasteiger partial charge >= 0.3 is 0 Å². The fourth-order valence-electron chi connectivity index (χ4n) is 1.63. The molecule has 0 unspecified atom stereocenters. The smallest absolute Gasteiger partial charge is 0.175 e. The molecular weight excluding hydrogens is 340 g/mol. The Kier molecular flexibility index (Phi) is 4.12. The van der Waals surface area contributed by atoms with Gasteiger partial charge in [0.25, 0.3) is 0 Å². The van der Waals surface area contributed by atoms with Gasteiger partial charge in [0.2, 0.25) is 0 Å². The van der Waals surface area contributed by atoms with Crippen LogP contribution in [-0.4, -0.2) is 14.7 Å². The molecule has 20 heavy (non-hydrogen) atoms.